The van der Waals surface area contributed by atoms with E-state index in [9.17, 15) is 18.8 Å². The molecule has 0 spiro atoms. The molecule has 6 nitrogen and oxygen atoms in total. The highest BCUT2D eigenvalue weighted by atomic mass is 19.1. The number of hydrogen-bond acceptors (Lipinski definition) is 4. The zero-order valence-corrected chi connectivity index (χ0v) is 18.6. The third-order valence-electron chi connectivity index (χ3n) is 5.88. The topological polar surface area (TPSA) is 75.7 Å². The third kappa shape index (κ3) is 5.52. The lowest BCUT2D eigenvalue weighted by Gasteiger charge is -2.35. The van der Waals surface area contributed by atoms with Crippen LogP contribution in [-0.2, 0) is 4.79 Å². The predicted molar refractivity (Wildman–Crippen MR) is 119 cm³/mol. The predicted octanol–water partition coefficient (Wildman–Crippen LogP) is 3.71. The Labute approximate surface area is 187 Å². The minimum absolute atomic E-state index is 0.0739. The molecule has 0 unspecified atom stereocenters. The van der Waals surface area contributed by atoms with E-state index in [1.807, 2.05) is 13.8 Å². The molecule has 2 amide bonds. The summed E-state index contributed by atoms with van der Waals surface area (Å²) in [6, 6.07) is 11.6. The number of piperidine rings is 1. The molecular formula is C25H29FN2O4. The average Bonchev–Trinajstić information content (AvgIpc) is 2.82. The van der Waals surface area contributed by atoms with Crippen LogP contribution in [-0.4, -0.2) is 48.7 Å². The van der Waals surface area contributed by atoms with Gasteiger partial charge in [0.2, 0.25) is 5.91 Å². The summed E-state index contributed by atoms with van der Waals surface area (Å²) in [7, 11) is 1.58. The molecule has 0 bridgehead atoms. The van der Waals surface area contributed by atoms with E-state index in [4.69, 9.17) is 4.74 Å². The number of halogens is 1. The van der Waals surface area contributed by atoms with Crippen LogP contribution in [0.25, 0.3) is 0 Å². The maximum Gasteiger partial charge on any atom is 0.251 e. The zero-order valence-electron chi connectivity index (χ0n) is 18.6. The monoisotopic (exact) mass is 440 g/mol. The molecule has 0 radical (unpaired) electrons. The van der Waals surface area contributed by atoms with E-state index in [-0.39, 0.29) is 23.5 Å². The second-order valence-corrected chi connectivity index (χ2v) is 8.39. The SMILES string of the molecule is COc1ccc(C(=O)C2CCN(C(=O)[C@H](NC(=O)c3ccc(F)cc3)C(C)C)CC2)cc1. The quantitative estimate of drug-likeness (QED) is 0.666. The Hall–Kier alpha value is -3.22. The molecule has 1 aliphatic heterocycles. The molecule has 2 aromatic rings. The first-order valence-electron chi connectivity index (χ1n) is 10.8. The number of carbonyl (C=O) groups is 3. The van der Waals surface area contributed by atoms with Gasteiger partial charge in [-0.15, -0.1) is 0 Å². The van der Waals surface area contributed by atoms with Gasteiger partial charge >= 0.3 is 0 Å². The van der Waals surface area contributed by atoms with Gasteiger partial charge in [-0.25, -0.2) is 4.39 Å². The van der Waals surface area contributed by atoms with Crippen molar-refractivity contribution in [2.75, 3.05) is 20.2 Å². The van der Waals surface area contributed by atoms with E-state index in [0.29, 0.717) is 42.8 Å². The molecule has 1 aliphatic rings. The smallest absolute Gasteiger partial charge is 0.251 e. The van der Waals surface area contributed by atoms with Crippen LogP contribution in [0.1, 0.15) is 47.4 Å². The number of nitrogens with zero attached hydrogens (tertiary/aromatic N) is 1. The molecule has 2 aromatic carbocycles. The minimum Gasteiger partial charge on any atom is -0.497 e. The van der Waals surface area contributed by atoms with Crippen LogP contribution in [0.4, 0.5) is 4.39 Å². The fourth-order valence-electron chi connectivity index (χ4n) is 3.89. The number of likely N-dealkylation sites (tertiary alicyclic amines) is 1. The Morgan fingerprint density at radius 3 is 2.06 bits per heavy atom. The molecule has 1 saturated heterocycles. The standard InChI is InChI=1S/C25H29FN2O4/c1-16(2)22(27-24(30)19-4-8-20(26)9-5-19)25(31)28-14-12-18(13-15-28)23(29)17-6-10-21(32-3)11-7-17/h4-11,16,18,22H,12-15H2,1-3H3,(H,27,30)/t22-/m1/s1. The lowest BCUT2D eigenvalue weighted by atomic mass is 9.88. The number of carbonyl (C=O) groups excluding carboxylic acids is 3. The fourth-order valence-corrected chi connectivity index (χ4v) is 3.89. The summed E-state index contributed by atoms with van der Waals surface area (Å²) < 4.78 is 18.3. The number of amides is 2. The van der Waals surface area contributed by atoms with Crippen LogP contribution in [0.2, 0.25) is 0 Å². The van der Waals surface area contributed by atoms with Crippen molar-refractivity contribution in [3.63, 3.8) is 0 Å². The number of hydrogen-bond donors (Lipinski definition) is 1. The lowest BCUT2D eigenvalue weighted by molar-refractivity contribution is -0.135. The first-order valence-corrected chi connectivity index (χ1v) is 10.8. The minimum atomic E-state index is -0.693. The van der Waals surface area contributed by atoms with E-state index < -0.39 is 17.8 Å². The molecule has 1 atom stereocenters. The molecule has 3 rings (SSSR count). The van der Waals surface area contributed by atoms with Gasteiger partial charge in [-0.05, 0) is 67.3 Å². The van der Waals surface area contributed by atoms with Crippen LogP contribution >= 0.6 is 0 Å². The van der Waals surface area contributed by atoms with Crippen molar-refractivity contribution in [3.05, 3.63) is 65.5 Å². The molecule has 0 aliphatic carbocycles. The Balaban J connectivity index is 1.59. The summed E-state index contributed by atoms with van der Waals surface area (Å²) in [4.78, 5) is 40.2. The number of nitrogens with one attached hydrogen (secondary N) is 1. The summed E-state index contributed by atoms with van der Waals surface area (Å²) in [5.41, 5.74) is 0.941. The molecule has 0 aromatic heterocycles. The van der Waals surface area contributed by atoms with Crippen molar-refractivity contribution >= 4 is 17.6 Å². The highest BCUT2D eigenvalue weighted by Crippen LogP contribution is 2.24. The van der Waals surface area contributed by atoms with Gasteiger partial charge in [0.1, 0.15) is 17.6 Å². The van der Waals surface area contributed by atoms with Crippen molar-refractivity contribution in [1.82, 2.24) is 10.2 Å². The highest BCUT2D eigenvalue weighted by Gasteiger charge is 2.33. The fraction of sp³-hybridized carbons (Fsp3) is 0.400. The first kappa shape index (κ1) is 23.4. The molecular weight excluding hydrogens is 411 g/mol. The van der Waals surface area contributed by atoms with Crippen molar-refractivity contribution < 1.29 is 23.5 Å². The molecule has 1 heterocycles. The Morgan fingerprint density at radius 2 is 1.53 bits per heavy atom. The van der Waals surface area contributed by atoms with Crippen LogP contribution in [0, 0.1) is 17.7 Å². The van der Waals surface area contributed by atoms with Gasteiger partial charge in [-0.3, -0.25) is 14.4 Å². The van der Waals surface area contributed by atoms with Gasteiger partial charge in [0.25, 0.3) is 5.91 Å². The maximum absolute atomic E-state index is 13.1. The molecule has 1 N–H and O–H groups in total. The normalized spacial score (nSPS) is 15.3. The van der Waals surface area contributed by atoms with E-state index in [2.05, 4.69) is 5.32 Å². The molecule has 1 fully saturated rings. The Bertz CT molecular complexity index is 949. The van der Waals surface area contributed by atoms with Crippen LogP contribution < -0.4 is 10.1 Å². The van der Waals surface area contributed by atoms with Gasteiger partial charge in [0.15, 0.2) is 5.78 Å². The summed E-state index contributed by atoms with van der Waals surface area (Å²) in [6.07, 6.45) is 1.15. The van der Waals surface area contributed by atoms with Gasteiger partial charge in [0.05, 0.1) is 7.11 Å². The van der Waals surface area contributed by atoms with Crippen LogP contribution in [0.3, 0.4) is 0 Å². The van der Waals surface area contributed by atoms with E-state index >= 15 is 0 Å². The van der Waals surface area contributed by atoms with E-state index in [1.54, 1.807) is 36.3 Å². The van der Waals surface area contributed by atoms with Crippen molar-refractivity contribution in [2.24, 2.45) is 11.8 Å². The second kappa shape index (κ2) is 10.4. The number of Topliss-reactive ketones (excluding diaryl/α,β-unsaturated/α-hetero) is 1. The van der Waals surface area contributed by atoms with Gasteiger partial charge in [0, 0.05) is 30.1 Å². The van der Waals surface area contributed by atoms with E-state index in [0.717, 1.165) is 0 Å². The summed E-state index contributed by atoms with van der Waals surface area (Å²) in [5.74, 6) is -0.490. The Morgan fingerprint density at radius 1 is 0.969 bits per heavy atom. The second-order valence-electron chi connectivity index (χ2n) is 8.39. The number of benzene rings is 2. The molecule has 7 heteroatoms. The lowest BCUT2D eigenvalue weighted by Crippen LogP contribution is -2.53. The zero-order chi connectivity index (χ0) is 23.3. The highest BCUT2D eigenvalue weighted by molar-refractivity contribution is 5.99. The van der Waals surface area contributed by atoms with Gasteiger partial charge in [-0.2, -0.15) is 0 Å². The molecule has 32 heavy (non-hydrogen) atoms. The van der Waals surface area contributed by atoms with Crippen molar-refractivity contribution in [1.29, 1.82) is 0 Å². The van der Waals surface area contributed by atoms with E-state index in [1.165, 1.54) is 24.3 Å². The van der Waals surface area contributed by atoms with Crippen molar-refractivity contribution in [3.8, 4) is 5.75 Å². The van der Waals surface area contributed by atoms with Crippen LogP contribution in [0.5, 0.6) is 5.75 Å². The summed E-state index contributed by atoms with van der Waals surface area (Å²) in [6.45, 7) is 4.66. The van der Waals surface area contributed by atoms with Crippen LogP contribution in [0.15, 0.2) is 48.5 Å². The molecule has 0 saturated carbocycles. The van der Waals surface area contributed by atoms with Gasteiger partial charge < -0.3 is 15.0 Å². The Kier molecular flexibility index (Phi) is 7.62. The average molecular weight is 441 g/mol. The number of methoxy groups -OCH3 is 1. The summed E-state index contributed by atoms with van der Waals surface area (Å²) in [5, 5.41) is 2.79. The molecule has 170 valence electrons. The largest absolute Gasteiger partial charge is 0.497 e. The van der Waals surface area contributed by atoms with Crippen molar-refractivity contribution in [2.45, 2.75) is 32.7 Å². The number of ketones is 1. The third-order valence-corrected chi connectivity index (χ3v) is 5.88. The number of ether oxygens (including phenoxy) is 1. The number of rotatable bonds is 7. The maximum atomic E-state index is 13.1. The first-order chi connectivity index (χ1) is 15.3. The summed E-state index contributed by atoms with van der Waals surface area (Å²) >= 11 is 0. The van der Waals surface area contributed by atoms with Gasteiger partial charge in [-0.1, -0.05) is 13.8 Å².